The lowest BCUT2D eigenvalue weighted by molar-refractivity contribution is -0.127. The van der Waals surface area contributed by atoms with Crippen molar-refractivity contribution in [1.82, 2.24) is 38.4 Å². The summed E-state index contributed by atoms with van der Waals surface area (Å²) in [7, 11) is 0.156. The molecule has 0 spiro atoms. The highest BCUT2D eigenvalue weighted by Crippen LogP contribution is 2.31. The molecule has 0 saturated carbocycles. The van der Waals surface area contributed by atoms with E-state index in [1.54, 1.807) is 19.2 Å². The van der Waals surface area contributed by atoms with E-state index in [0.29, 0.717) is 41.3 Å². The van der Waals surface area contributed by atoms with Gasteiger partial charge >= 0.3 is 0 Å². The van der Waals surface area contributed by atoms with Crippen molar-refractivity contribution in [1.29, 1.82) is 0 Å². The Hall–Kier alpha value is -4.34. The van der Waals surface area contributed by atoms with E-state index in [2.05, 4.69) is 39.3 Å². The highest BCUT2D eigenvalue weighted by molar-refractivity contribution is 7.88. The van der Waals surface area contributed by atoms with E-state index >= 15 is 0 Å². The number of anilines is 3. The number of nitrogens with zero attached hydrogens (tertiary/aromatic N) is 9. The Morgan fingerprint density at radius 2 is 1.79 bits per heavy atom. The van der Waals surface area contributed by atoms with Crippen LogP contribution in [0.4, 0.5) is 17.3 Å². The van der Waals surface area contributed by atoms with Crippen molar-refractivity contribution in [3.05, 3.63) is 58.3 Å². The zero-order valence-electron chi connectivity index (χ0n) is 28.5. The summed E-state index contributed by atoms with van der Waals surface area (Å²) in [5.74, 6) is 0.357. The molecule has 0 radical (unpaired) electrons. The van der Waals surface area contributed by atoms with Crippen LogP contribution in [-0.2, 0) is 21.4 Å². The van der Waals surface area contributed by atoms with Gasteiger partial charge in [0.2, 0.25) is 21.9 Å². The standard InChI is InChI=1S/C33H44N10O4S/c1-22-30(23(2)43(37-22)28-11-12-41(21-28)24(3)44)29-19-25-20-34-33(36-31(25)42(32(29)45)18-15-39(5)48(6,46)47)35-26-7-9-27(10-8-26)40-16-13-38(4)14-17-40/h7-10,19-20,28H,11-18,21H2,1-6H3,(H,34,35,36). The fraction of sp³-hybridized carbons (Fsp3) is 0.485. The van der Waals surface area contributed by atoms with Crippen molar-refractivity contribution in [3.63, 3.8) is 0 Å². The minimum Gasteiger partial charge on any atom is -0.369 e. The number of pyridine rings is 1. The number of sulfonamides is 1. The van der Waals surface area contributed by atoms with E-state index in [-0.39, 0.29) is 30.6 Å². The molecule has 6 rings (SSSR count). The summed E-state index contributed by atoms with van der Waals surface area (Å²) in [4.78, 5) is 42.1. The zero-order chi connectivity index (χ0) is 34.3. The SMILES string of the molecule is CC(=O)N1CCC(n2nc(C)c(-c3cc4cnc(Nc5ccc(N6CCN(C)CC6)cc5)nc4n(CCN(C)S(C)(=O)=O)c3=O)c2C)C1. The van der Waals surface area contributed by atoms with Crippen molar-refractivity contribution in [3.8, 4) is 11.1 Å². The smallest absolute Gasteiger partial charge is 0.260 e. The van der Waals surface area contributed by atoms with Crippen molar-refractivity contribution in [2.45, 2.75) is 39.8 Å². The molecule has 15 heteroatoms. The van der Waals surface area contributed by atoms with Gasteiger partial charge in [-0.25, -0.2) is 17.7 Å². The van der Waals surface area contributed by atoms with E-state index in [4.69, 9.17) is 10.1 Å². The zero-order valence-corrected chi connectivity index (χ0v) is 29.3. The van der Waals surface area contributed by atoms with Gasteiger partial charge in [-0.1, -0.05) is 0 Å². The highest BCUT2D eigenvalue weighted by Gasteiger charge is 2.29. The van der Waals surface area contributed by atoms with E-state index in [1.165, 1.54) is 15.9 Å². The van der Waals surface area contributed by atoms with Crippen LogP contribution in [0.25, 0.3) is 22.2 Å². The van der Waals surface area contributed by atoms with E-state index in [0.717, 1.165) is 61.5 Å². The van der Waals surface area contributed by atoms with Crippen LogP contribution in [0.15, 0.2) is 41.3 Å². The number of carbonyl (C=O) groups is 1. The molecule has 14 nitrogen and oxygen atoms in total. The fourth-order valence-electron chi connectivity index (χ4n) is 6.60. The number of hydrogen-bond donors (Lipinski definition) is 1. The largest absolute Gasteiger partial charge is 0.369 e. The van der Waals surface area contributed by atoms with Gasteiger partial charge in [-0.15, -0.1) is 0 Å². The lowest BCUT2D eigenvalue weighted by Gasteiger charge is -2.34. The molecule has 0 aliphatic carbocycles. The van der Waals surface area contributed by atoms with Gasteiger partial charge in [-0.2, -0.15) is 10.1 Å². The summed E-state index contributed by atoms with van der Waals surface area (Å²) in [6.45, 7) is 10.8. The number of fused-ring (bicyclic) bond motifs is 1. The number of piperazine rings is 1. The third kappa shape index (κ3) is 6.80. The normalized spacial score (nSPS) is 17.5. The first-order valence-corrected chi connectivity index (χ1v) is 18.1. The average molecular weight is 677 g/mol. The van der Waals surface area contributed by atoms with E-state index in [9.17, 15) is 18.0 Å². The molecule has 1 amide bonds. The maximum atomic E-state index is 14.3. The van der Waals surface area contributed by atoms with Crippen LogP contribution in [0.1, 0.15) is 30.8 Å². The molecule has 2 fully saturated rings. The molecule has 1 N–H and O–H groups in total. The van der Waals surface area contributed by atoms with Gasteiger partial charge in [0.05, 0.1) is 23.6 Å². The number of aryl methyl sites for hydroxylation is 1. The van der Waals surface area contributed by atoms with Gasteiger partial charge in [0.1, 0.15) is 5.65 Å². The van der Waals surface area contributed by atoms with Crippen LogP contribution in [0.3, 0.4) is 0 Å². The first-order valence-electron chi connectivity index (χ1n) is 16.2. The lowest BCUT2D eigenvalue weighted by atomic mass is 10.0. The summed E-state index contributed by atoms with van der Waals surface area (Å²) in [5.41, 5.74) is 4.75. The molecule has 1 unspecified atom stereocenters. The Bertz CT molecular complexity index is 2000. The number of amides is 1. The minimum absolute atomic E-state index is 0.0139. The number of likely N-dealkylation sites (N-methyl/N-ethyl adjacent to an activating group) is 2. The second kappa shape index (κ2) is 13.3. The predicted octanol–water partition coefficient (Wildman–Crippen LogP) is 2.45. The van der Waals surface area contributed by atoms with E-state index in [1.807, 2.05) is 35.6 Å². The number of benzene rings is 1. The number of hydrogen-bond acceptors (Lipinski definition) is 10. The van der Waals surface area contributed by atoms with Gasteiger partial charge in [-0.3, -0.25) is 18.8 Å². The monoisotopic (exact) mass is 676 g/mol. The van der Waals surface area contributed by atoms with Crippen LogP contribution in [0.5, 0.6) is 0 Å². The fourth-order valence-corrected chi connectivity index (χ4v) is 7.01. The molecule has 2 aliphatic heterocycles. The molecular weight excluding hydrogens is 632 g/mol. The van der Waals surface area contributed by atoms with Crippen molar-refractivity contribution >= 4 is 44.3 Å². The second-order valence-electron chi connectivity index (χ2n) is 12.9. The van der Waals surface area contributed by atoms with Crippen LogP contribution in [-0.4, -0.2) is 119 Å². The molecule has 256 valence electrons. The first kappa shape index (κ1) is 33.6. The molecule has 1 atom stereocenters. The third-order valence-corrected chi connectivity index (χ3v) is 10.9. The summed E-state index contributed by atoms with van der Waals surface area (Å²) in [5, 5.41) is 8.72. The Kier molecular flexibility index (Phi) is 9.29. The van der Waals surface area contributed by atoms with Crippen LogP contribution >= 0.6 is 0 Å². The molecule has 2 aliphatic rings. The Balaban J connectivity index is 1.35. The Labute approximate surface area is 281 Å². The average Bonchev–Trinajstić information content (AvgIpc) is 3.65. The number of carbonyl (C=O) groups excluding carboxylic acids is 1. The first-order chi connectivity index (χ1) is 22.8. The van der Waals surface area contributed by atoms with Crippen molar-refractivity contribution in [2.75, 3.05) is 76.4 Å². The van der Waals surface area contributed by atoms with Crippen LogP contribution < -0.4 is 15.8 Å². The number of nitrogens with one attached hydrogen (secondary N) is 1. The quantitative estimate of drug-likeness (QED) is 0.281. The molecule has 5 heterocycles. The van der Waals surface area contributed by atoms with Crippen LogP contribution in [0.2, 0.25) is 0 Å². The molecule has 1 aromatic carbocycles. The third-order valence-electron chi connectivity index (χ3n) is 9.57. The van der Waals surface area contributed by atoms with Crippen molar-refractivity contribution < 1.29 is 13.2 Å². The molecule has 48 heavy (non-hydrogen) atoms. The molecule has 0 bridgehead atoms. The maximum Gasteiger partial charge on any atom is 0.260 e. The molecular formula is C33H44N10O4S. The lowest BCUT2D eigenvalue weighted by Crippen LogP contribution is -2.44. The number of aromatic nitrogens is 5. The molecule has 4 aromatic rings. The maximum absolute atomic E-state index is 14.3. The van der Waals surface area contributed by atoms with Gasteiger partial charge in [0.25, 0.3) is 5.56 Å². The van der Waals surface area contributed by atoms with Gasteiger partial charge in [0, 0.05) is 101 Å². The summed E-state index contributed by atoms with van der Waals surface area (Å²) in [6, 6.07) is 9.93. The summed E-state index contributed by atoms with van der Waals surface area (Å²) < 4.78 is 29.1. The molecule has 3 aromatic heterocycles. The summed E-state index contributed by atoms with van der Waals surface area (Å²) >= 11 is 0. The summed E-state index contributed by atoms with van der Waals surface area (Å²) in [6.07, 6.45) is 3.60. The number of rotatable bonds is 9. The minimum atomic E-state index is -3.47. The highest BCUT2D eigenvalue weighted by atomic mass is 32.2. The Morgan fingerprint density at radius 3 is 2.44 bits per heavy atom. The predicted molar refractivity (Wildman–Crippen MR) is 187 cm³/mol. The van der Waals surface area contributed by atoms with Gasteiger partial charge in [-0.05, 0) is 57.6 Å². The van der Waals surface area contributed by atoms with E-state index < -0.39 is 10.0 Å². The number of likely N-dealkylation sites (tertiary alicyclic amines) is 1. The van der Waals surface area contributed by atoms with Crippen LogP contribution in [0, 0.1) is 13.8 Å². The Morgan fingerprint density at radius 1 is 1.08 bits per heavy atom. The van der Waals surface area contributed by atoms with Gasteiger partial charge in [0.15, 0.2) is 0 Å². The topological polar surface area (TPSA) is 142 Å². The van der Waals surface area contributed by atoms with Crippen molar-refractivity contribution in [2.24, 2.45) is 0 Å². The van der Waals surface area contributed by atoms with Gasteiger partial charge < -0.3 is 20.0 Å². The molecule has 2 saturated heterocycles. The second-order valence-corrected chi connectivity index (χ2v) is 15.0.